The minimum Gasteiger partial charge on any atom is -0.342 e. The molecule has 1 aromatic heterocycles. The van der Waals surface area contributed by atoms with Crippen molar-refractivity contribution in [1.82, 2.24) is 9.88 Å². The summed E-state index contributed by atoms with van der Waals surface area (Å²) in [7, 11) is 0. The first-order chi connectivity index (χ1) is 16.4. The number of hydrogen-bond donors (Lipinski definition) is 1. The number of urea groups is 1. The van der Waals surface area contributed by atoms with Gasteiger partial charge in [-0.3, -0.25) is 14.9 Å². The Balaban J connectivity index is 1.57. The molecule has 1 fully saturated rings. The number of halogens is 1. The minimum absolute atomic E-state index is 0.158. The number of benzene rings is 3. The molecule has 3 aromatic carbocycles. The summed E-state index contributed by atoms with van der Waals surface area (Å²) in [6.07, 6.45) is 3.25. The lowest BCUT2D eigenvalue weighted by molar-refractivity contribution is -0.122. The zero-order valence-corrected chi connectivity index (χ0v) is 18.3. The number of nitrogens with zero attached hydrogens (tertiary/aromatic N) is 2. The van der Waals surface area contributed by atoms with Gasteiger partial charge in [-0.15, -0.1) is 0 Å². The van der Waals surface area contributed by atoms with Gasteiger partial charge < -0.3 is 4.57 Å². The van der Waals surface area contributed by atoms with Crippen LogP contribution in [-0.4, -0.2) is 22.4 Å². The zero-order chi connectivity index (χ0) is 23.8. The number of hydrogen-bond acceptors (Lipinski definition) is 3. The van der Waals surface area contributed by atoms with E-state index in [1.54, 1.807) is 48.7 Å². The summed E-state index contributed by atoms with van der Waals surface area (Å²) in [4.78, 5) is 39.3. The monoisotopic (exact) mass is 453 g/mol. The number of aromatic nitrogens is 1. The molecule has 1 saturated heterocycles. The molecule has 2 heterocycles. The zero-order valence-electron chi connectivity index (χ0n) is 18.3. The standard InChI is InChI=1S/C27H20FN3O3/c1-17-10-12-20(13-11-17)31-26(33)22(25(32)29-27(31)34)14-19-16-30(24-9-5-3-7-21(19)24)15-18-6-2-4-8-23(18)28/h2-14,16H,15H2,1H3,(H,29,32,34)/b22-14+. The van der Waals surface area contributed by atoms with Gasteiger partial charge in [0.1, 0.15) is 11.4 Å². The molecule has 4 aromatic rings. The number of fused-ring (bicyclic) bond motifs is 1. The van der Waals surface area contributed by atoms with E-state index in [-0.39, 0.29) is 17.9 Å². The van der Waals surface area contributed by atoms with Crippen molar-refractivity contribution in [3.8, 4) is 0 Å². The molecule has 1 aliphatic heterocycles. The predicted octanol–water partition coefficient (Wildman–Crippen LogP) is 4.80. The molecule has 0 saturated carbocycles. The van der Waals surface area contributed by atoms with E-state index in [1.165, 1.54) is 12.1 Å². The maximum absolute atomic E-state index is 14.3. The van der Waals surface area contributed by atoms with Crippen LogP contribution < -0.4 is 10.2 Å². The SMILES string of the molecule is Cc1ccc(N2C(=O)NC(=O)/C(=C\c3cn(Cc4ccccc4F)c4ccccc34)C2=O)cc1. The Bertz CT molecular complexity index is 1480. The van der Waals surface area contributed by atoms with Gasteiger partial charge in [0.25, 0.3) is 11.8 Å². The van der Waals surface area contributed by atoms with Gasteiger partial charge in [-0.2, -0.15) is 0 Å². The molecule has 7 heteroatoms. The Morgan fingerprint density at radius 2 is 1.62 bits per heavy atom. The van der Waals surface area contributed by atoms with E-state index >= 15 is 0 Å². The largest absolute Gasteiger partial charge is 0.342 e. The summed E-state index contributed by atoms with van der Waals surface area (Å²) in [5, 5.41) is 3.04. The molecule has 34 heavy (non-hydrogen) atoms. The van der Waals surface area contributed by atoms with Gasteiger partial charge in [-0.25, -0.2) is 14.1 Å². The van der Waals surface area contributed by atoms with Crippen LogP contribution >= 0.6 is 0 Å². The molecule has 1 aliphatic rings. The summed E-state index contributed by atoms with van der Waals surface area (Å²) in [5.74, 6) is -1.78. The van der Waals surface area contributed by atoms with Crippen molar-refractivity contribution in [2.45, 2.75) is 13.5 Å². The lowest BCUT2D eigenvalue weighted by Crippen LogP contribution is -2.54. The number of anilines is 1. The Morgan fingerprint density at radius 1 is 0.912 bits per heavy atom. The molecular formula is C27H20FN3O3. The molecule has 0 atom stereocenters. The third-order valence-electron chi connectivity index (χ3n) is 5.81. The number of carbonyl (C=O) groups excluding carboxylic acids is 3. The van der Waals surface area contributed by atoms with Crippen molar-refractivity contribution in [3.05, 3.63) is 107 Å². The van der Waals surface area contributed by atoms with Crippen LogP contribution in [0.25, 0.3) is 17.0 Å². The summed E-state index contributed by atoms with van der Waals surface area (Å²) < 4.78 is 16.1. The van der Waals surface area contributed by atoms with Gasteiger partial charge in [0.05, 0.1) is 12.2 Å². The van der Waals surface area contributed by atoms with Gasteiger partial charge in [0, 0.05) is 28.2 Å². The topological polar surface area (TPSA) is 71.4 Å². The molecule has 0 unspecified atom stereocenters. The number of rotatable bonds is 4. The van der Waals surface area contributed by atoms with Crippen molar-refractivity contribution in [3.63, 3.8) is 0 Å². The van der Waals surface area contributed by atoms with Crippen LogP contribution in [0, 0.1) is 12.7 Å². The van der Waals surface area contributed by atoms with Crippen molar-refractivity contribution in [2.75, 3.05) is 4.90 Å². The molecule has 5 rings (SSSR count). The van der Waals surface area contributed by atoms with E-state index in [0.29, 0.717) is 16.8 Å². The van der Waals surface area contributed by atoms with Gasteiger partial charge in [-0.1, -0.05) is 54.1 Å². The average Bonchev–Trinajstić information content (AvgIpc) is 3.16. The Morgan fingerprint density at radius 3 is 2.38 bits per heavy atom. The van der Waals surface area contributed by atoms with Crippen LogP contribution in [0.1, 0.15) is 16.7 Å². The van der Waals surface area contributed by atoms with Gasteiger partial charge in [0.2, 0.25) is 0 Å². The maximum atomic E-state index is 14.3. The highest BCUT2D eigenvalue weighted by atomic mass is 19.1. The summed E-state index contributed by atoms with van der Waals surface area (Å²) in [6, 6.07) is 20.1. The van der Waals surface area contributed by atoms with Gasteiger partial charge in [0.15, 0.2) is 0 Å². The number of barbiturate groups is 1. The molecule has 6 nitrogen and oxygen atoms in total. The van der Waals surface area contributed by atoms with Crippen molar-refractivity contribution in [1.29, 1.82) is 0 Å². The van der Waals surface area contributed by atoms with Crippen LogP contribution in [0.15, 0.2) is 84.6 Å². The van der Waals surface area contributed by atoms with Crippen molar-refractivity contribution >= 4 is 40.5 Å². The first kappa shape index (κ1) is 21.3. The molecule has 168 valence electrons. The Labute approximate surface area is 194 Å². The smallest absolute Gasteiger partial charge is 0.335 e. The minimum atomic E-state index is -0.794. The Kier molecular flexibility index (Phi) is 5.30. The van der Waals surface area contributed by atoms with E-state index < -0.39 is 17.8 Å². The summed E-state index contributed by atoms with van der Waals surface area (Å²) >= 11 is 0. The third kappa shape index (κ3) is 3.77. The number of aryl methyl sites for hydroxylation is 1. The first-order valence-electron chi connectivity index (χ1n) is 10.7. The second-order valence-electron chi connectivity index (χ2n) is 8.11. The van der Waals surface area contributed by atoms with Crippen LogP contribution in [0.5, 0.6) is 0 Å². The fourth-order valence-electron chi connectivity index (χ4n) is 4.07. The van der Waals surface area contributed by atoms with Crippen LogP contribution in [-0.2, 0) is 16.1 Å². The quantitative estimate of drug-likeness (QED) is 0.356. The third-order valence-corrected chi connectivity index (χ3v) is 5.81. The van der Waals surface area contributed by atoms with Crippen LogP contribution in [0.3, 0.4) is 0 Å². The van der Waals surface area contributed by atoms with Crippen LogP contribution in [0.4, 0.5) is 14.9 Å². The van der Waals surface area contributed by atoms with E-state index in [4.69, 9.17) is 0 Å². The maximum Gasteiger partial charge on any atom is 0.335 e. The van der Waals surface area contributed by atoms with E-state index in [9.17, 15) is 18.8 Å². The van der Waals surface area contributed by atoms with E-state index in [0.717, 1.165) is 21.4 Å². The summed E-state index contributed by atoms with van der Waals surface area (Å²) in [6.45, 7) is 2.18. The fraction of sp³-hybridized carbons (Fsp3) is 0.0741. The number of para-hydroxylation sites is 1. The van der Waals surface area contributed by atoms with E-state index in [2.05, 4.69) is 5.32 Å². The van der Waals surface area contributed by atoms with Gasteiger partial charge >= 0.3 is 6.03 Å². The van der Waals surface area contributed by atoms with Crippen LogP contribution in [0.2, 0.25) is 0 Å². The molecule has 0 spiro atoms. The first-order valence-corrected chi connectivity index (χ1v) is 10.7. The highest BCUT2D eigenvalue weighted by molar-refractivity contribution is 6.39. The highest BCUT2D eigenvalue weighted by Gasteiger charge is 2.37. The number of carbonyl (C=O) groups is 3. The normalized spacial score (nSPS) is 15.3. The predicted molar refractivity (Wildman–Crippen MR) is 128 cm³/mol. The average molecular weight is 453 g/mol. The highest BCUT2D eigenvalue weighted by Crippen LogP contribution is 2.27. The second-order valence-corrected chi connectivity index (χ2v) is 8.11. The fourth-order valence-corrected chi connectivity index (χ4v) is 4.07. The lowest BCUT2D eigenvalue weighted by Gasteiger charge is -2.26. The molecule has 0 aliphatic carbocycles. The van der Waals surface area contributed by atoms with Crippen molar-refractivity contribution in [2.24, 2.45) is 0 Å². The van der Waals surface area contributed by atoms with E-state index in [1.807, 2.05) is 35.8 Å². The summed E-state index contributed by atoms with van der Waals surface area (Å²) in [5.41, 5.74) is 3.15. The number of imide groups is 2. The number of amides is 4. The molecule has 0 radical (unpaired) electrons. The van der Waals surface area contributed by atoms with Gasteiger partial charge in [-0.05, 0) is 37.3 Å². The molecule has 0 bridgehead atoms. The molecule has 1 N–H and O–H groups in total. The second kappa shape index (κ2) is 8.44. The number of nitrogens with one attached hydrogen (secondary N) is 1. The van der Waals surface area contributed by atoms with Crippen molar-refractivity contribution < 1.29 is 18.8 Å². The lowest BCUT2D eigenvalue weighted by atomic mass is 10.1. The molecular weight excluding hydrogens is 433 g/mol. The Hall–Kier alpha value is -4.52. The molecule has 4 amide bonds.